The van der Waals surface area contributed by atoms with Crippen LogP contribution in [-0.4, -0.2) is 14.1 Å². The monoisotopic (exact) mass is 440 g/mol. The normalized spacial score (nSPS) is 12.8. The van der Waals surface area contributed by atoms with Crippen molar-refractivity contribution >= 4 is 45.4 Å². The van der Waals surface area contributed by atoms with E-state index in [1.54, 1.807) is 15.9 Å². The fraction of sp³-hybridized carbons (Fsp3) is 0.0417. The molecule has 0 spiro atoms. The zero-order chi connectivity index (χ0) is 21.4. The molecule has 0 saturated heterocycles. The number of imidazole rings is 1. The molecule has 0 aliphatic rings. The molecule has 0 atom stereocenters. The van der Waals surface area contributed by atoms with Crippen molar-refractivity contribution in [1.29, 1.82) is 5.26 Å². The molecule has 0 aliphatic heterocycles. The molecule has 150 valence electrons. The van der Waals surface area contributed by atoms with E-state index in [0.29, 0.717) is 20.6 Å². The summed E-state index contributed by atoms with van der Waals surface area (Å²) in [7, 11) is 1.89. The van der Waals surface area contributed by atoms with Gasteiger partial charge in [0.2, 0.25) is 0 Å². The predicted octanol–water partition coefficient (Wildman–Crippen LogP) is 3.40. The van der Waals surface area contributed by atoms with Gasteiger partial charge in [0.25, 0.3) is 5.56 Å². The van der Waals surface area contributed by atoms with Gasteiger partial charge in [0.1, 0.15) is 16.3 Å². The molecule has 2 aromatic carbocycles. The molecule has 5 aromatic rings. The first kappa shape index (κ1) is 19.2. The van der Waals surface area contributed by atoms with Crippen LogP contribution in [0.5, 0.6) is 0 Å². The Morgan fingerprint density at radius 1 is 1.06 bits per heavy atom. The second-order valence-corrected chi connectivity index (χ2v) is 8.89. The summed E-state index contributed by atoms with van der Waals surface area (Å²) in [5.41, 5.74) is 2.68. The average molecular weight is 441 g/mol. The average Bonchev–Trinajstić information content (AvgIpc) is 3.50. The third-order valence-electron chi connectivity index (χ3n) is 4.99. The molecule has 5 rings (SSSR count). The SMILES string of the molecule is Cn1c(C(C#N)=c2sc(=Cc3cccs3)c(=O)n2-c2ccccc2)nc2ccccc21. The predicted molar refractivity (Wildman–Crippen MR) is 126 cm³/mol. The first-order valence-corrected chi connectivity index (χ1v) is 11.3. The van der Waals surface area contributed by atoms with Crippen LogP contribution in [0.4, 0.5) is 0 Å². The minimum absolute atomic E-state index is 0.147. The van der Waals surface area contributed by atoms with Crippen molar-refractivity contribution in [3.63, 3.8) is 0 Å². The minimum atomic E-state index is -0.147. The number of fused-ring (bicyclic) bond motifs is 1. The minimum Gasteiger partial charge on any atom is -0.326 e. The van der Waals surface area contributed by atoms with Crippen LogP contribution < -0.4 is 14.8 Å². The molecular formula is C24H16N4OS2. The third-order valence-corrected chi connectivity index (χ3v) is 6.90. The topological polar surface area (TPSA) is 63.6 Å². The van der Waals surface area contributed by atoms with E-state index < -0.39 is 0 Å². The van der Waals surface area contributed by atoms with Crippen molar-refractivity contribution in [3.8, 4) is 11.8 Å². The van der Waals surface area contributed by atoms with Crippen LogP contribution >= 0.6 is 22.7 Å². The van der Waals surface area contributed by atoms with Crippen LogP contribution in [0.25, 0.3) is 28.4 Å². The van der Waals surface area contributed by atoms with Gasteiger partial charge in [-0.2, -0.15) is 5.26 Å². The largest absolute Gasteiger partial charge is 0.326 e. The van der Waals surface area contributed by atoms with Crippen molar-refractivity contribution in [2.45, 2.75) is 0 Å². The van der Waals surface area contributed by atoms with Gasteiger partial charge in [-0.3, -0.25) is 9.36 Å². The van der Waals surface area contributed by atoms with Crippen LogP contribution in [0.1, 0.15) is 10.7 Å². The summed E-state index contributed by atoms with van der Waals surface area (Å²) >= 11 is 2.88. The van der Waals surface area contributed by atoms with Gasteiger partial charge in [0.05, 0.1) is 21.3 Å². The Balaban J connectivity index is 1.91. The highest BCUT2D eigenvalue weighted by Gasteiger charge is 2.17. The lowest BCUT2D eigenvalue weighted by Gasteiger charge is -2.04. The number of thiophene rings is 1. The highest BCUT2D eigenvalue weighted by Crippen LogP contribution is 2.19. The maximum absolute atomic E-state index is 13.4. The molecule has 0 amide bonds. The molecule has 0 bridgehead atoms. The fourth-order valence-electron chi connectivity index (χ4n) is 3.53. The zero-order valence-corrected chi connectivity index (χ0v) is 18.2. The number of nitrogens with zero attached hydrogens (tertiary/aromatic N) is 4. The van der Waals surface area contributed by atoms with E-state index in [4.69, 9.17) is 4.98 Å². The number of aryl methyl sites for hydroxylation is 1. The molecule has 0 saturated carbocycles. The molecule has 0 N–H and O–H groups in total. The van der Waals surface area contributed by atoms with Crippen molar-refractivity contribution < 1.29 is 0 Å². The zero-order valence-electron chi connectivity index (χ0n) is 16.5. The number of hydrogen-bond acceptors (Lipinski definition) is 5. The summed E-state index contributed by atoms with van der Waals surface area (Å²) in [6.07, 6.45) is 1.88. The van der Waals surface area contributed by atoms with E-state index in [1.165, 1.54) is 11.3 Å². The molecule has 3 heterocycles. The van der Waals surface area contributed by atoms with Gasteiger partial charge in [-0.1, -0.05) is 36.4 Å². The molecule has 5 nitrogen and oxygen atoms in total. The Morgan fingerprint density at radius 3 is 2.55 bits per heavy atom. The van der Waals surface area contributed by atoms with Gasteiger partial charge >= 0.3 is 0 Å². The Bertz CT molecular complexity index is 1620. The highest BCUT2D eigenvalue weighted by molar-refractivity contribution is 7.11. The van der Waals surface area contributed by atoms with E-state index in [1.807, 2.05) is 89.8 Å². The first-order valence-electron chi connectivity index (χ1n) is 9.56. The molecule has 3 aromatic heterocycles. The number of para-hydroxylation sites is 3. The second kappa shape index (κ2) is 7.84. The number of aromatic nitrogens is 3. The molecule has 0 unspecified atom stereocenters. The van der Waals surface area contributed by atoms with E-state index >= 15 is 0 Å². The van der Waals surface area contributed by atoms with Crippen molar-refractivity contribution in [3.05, 3.63) is 102 Å². The number of nitriles is 1. The summed E-state index contributed by atoms with van der Waals surface area (Å²) in [6.45, 7) is 0. The van der Waals surface area contributed by atoms with Crippen molar-refractivity contribution in [1.82, 2.24) is 14.1 Å². The van der Waals surface area contributed by atoms with Gasteiger partial charge in [-0.25, -0.2) is 4.98 Å². The quantitative estimate of drug-likeness (QED) is 0.432. The lowest BCUT2D eigenvalue weighted by molar-refractivity contribution is 0.915. The molecular weight excluding hydrogens is 424 g/mol. The number of benzene rings is 2. The molecule has 31 heavy (non-hydrogen) atoms. The standard InChI is InChI=1S/C24H16N4OS2/c1-27-20-12-6-5-11-19(20)26-22(27)18(15-25)24-28(16-8-3-2-4-9-16)23(29)21(31-24)14-17-10-7-13-30-17/h2-14H,1H3. The second-order valence-electron chi connectivity index (χ2n) is 6.88. The summed E-state index contributed by atoms with van der Waals surface area (Å²) in [4.78, 5) is 19.1. The Kier molecular flexibility index (Phi) is 4.86. The lowest BCUT2D eigenvalue weighted by atomic mass is 10.3. The van der Waals surface area contributed by atoms with Gasteiger partial charge in [-0.05, 0) is 41.8 Å². The summed E-state index contributed by atoms with van der Waals surface area (Å²) in [5.74, 6) is 0.539. The highest BCUT2D eigenvalue weighted by atomic mass is 32.1. The third kappa shape index (κ3) is 3.32. The van der Waals surface area contributed by atoms with Crippen LogP contribution in [0.15, 0.2) is 76.9 Å². The smallest absolute Gasteiger partial charge is 0.273 e. The lowest BCUT2D eigenvalue weighted by Crippen LogP contribution is -2.31. The molecule has 0 radical (unpaired) electrons. The first-order chi connectivity index (χ1) is 15.2. The van der Waals surface area contributed by atoms with Gasteiger partial charge in [0, 0.05) is 11.9 Å². The summed E-state index contributed by atoms with van der Waals surface area (Å²) < 4.78 is 4.66. The van der Waals surface area contributed by atoms with E-state index in [9.17, 15) is 10.1 Å². The molecule has 0 aliphatic carbocycles. The number of thiazole rings is 1. The van der Waals surface area contributed by atoms with E-state index in [0.717, 1.165) is 21.6 Å². The van der Waals surface area contributed by atoms with Crippen molar-refractivity contribution in [2.24, 2.45) is 7.05 Å². The number of rotatable bonds is 3. The van der Waals surface area contributed by atoms with Crippen LogP contribution in [-0.2, 0) is 7.05 Å². The van der Waals surface area contributed by atoms with E-state index in [-0.39, 0.29) is 5.56 Å². The van der Waals surface area contributed by atoms with Crippen molar-refractivity contribution in [2.75, 3.05) is 0 Å². The summed E-state index contributed by atoms with van der Waals surface area (Å²) in [6, 6.07) is 23.4. The van der Waals surface area contributed by atoms with E-state index in [2.05, 4.69) is 6.07 Å². The Hall–Kier alpha value is -3.73. The number of hydrogen-bond donors (Lipinski definition) is 0. The van der Waals surface area contributed by atoms with Crippen LogP contribution in [0.3, 0.4) is 0 Å². The maximum Gasteiger partial charge on any atom is 0.273 e. The fourth-order valence-corrected chi connectivity index (χ4v) is 5.35. The van der Waals surface area contributed by atoms with Gasteiger partial charge in [0.15, 0.2) is 5.82 Å². The van der Waals surface area contributed by atoms with Gasteiger partial charge < -0.3 is 4.57 Å². The van der Waals surface area contributed by atoms with Crippen LogP contribution in [0, 0.1) is 11.3 Å². The van der Waals surface area contributed by atoms with Gasteiger partial charge in [-0.15, -0.1) is 22.7 Å². The Morgan fingerprint density at radius 2 is 1.84 bits per heavy atom. The maximum atomic E-state index is 13.4. The molecule has 7 heteroatoms. The Labute approximate surface area is 185 Å². The molecule has 0 fully saturated rings. The summed E-state index contributed by atoms with van der Waals surface area (Å²) in [5, 5.41) is 12.1. The van der Waals surface area contributed by atoms with Crippen LogP contribution in [0.2, 0.25) is 0 Å².